The molecular formula is C3H10KSb. The van der Waals surface area contributed by atoms with E-state index in [0.29, 0.717) is 0 Å². The monoisotopic (exact) mass is 206 g/mol. The predicted octanol–water partition coefficient (Wildman–Crippen LogP) is -1.51. The second kappa shape index (κ2) is 6.45. The Kier molecular flexibility index (Phi) is 13.5. The Balaban J connectivity index is -0.0000000450. The summed E-state index contributed by atoms with van der Waals surface area (Å²) < 4.78 is 0. The zero-order valence-electron chi connectivity index (χ0n) is 5.45. The summed E-state index contributed by atoms with van der Waals surface area (Å²) in [5.41, 5.74) is 0. The maximum atomic E-state index is 2.35. The Morgan fingerprint density at radius 2 is 1.20 bits per heavy atom. The second-order valence-corrected chi connectivity index (χ2v) is 9.00. The topological polar surface area (TPSA) is 0 Å². The molecule has 5 heavy (non-hydrogen) atoms. The molecule has 28 valence electrons. The molecule has 0 aliphatic carbocycles. The van der Waals surface area contributed by atoms with E-state index >= 15 is 0 Å². The van der Waals surface area contributed by atoms with E-state index in [-0.39, 0.29) is 52.8 Å². The Morgan fingerprint density at radius 3 is 1.20 bits per heavy atom. The van der Waals surface area contributed by atoms with E-state index in [9.17, 15) is 0 Å². The van der Waals surface area contributed by atoms with Gasteiger partial charge in [-0.1, -0.05) is 0 Å². The molecule has 0 fully saturated rings. The normalized spacial score (nSPS) is 7.20. The summed E-state index contributed by atoms with van der Waals surface area (Å²) in [6, 6.07) is 0. The van der Waals surface area contributed by atoms with Crippen LogP contribution in [0.3, 0.4) is 0 Å². The van der Waals surface area contributed by atoms with Crippen molar-refractivity contribution in [3.63, 3.8) is 0 Å². The molecule has 0 atom stereocenters. The summed E-state index contributed by atoms with van der Waals surface area (Å²) in [5.74, 6) is 0. The van der Waals surface area contributed by atoms with Gasteiger partial charge in [0.05, 0.1) is 0 Å². The molecule has 0 heterocycles. The van der Waals surface area contributed by atoms with Crippen molar-refractivity contribution in [2.24, 2.45) is 0 Å². The Labute approximate surface area is 85.6 Å². The molecule has 0 spiro atoms. The van der Waals surface area contributed by atoms with Crippen LogP contribution in [0.25, 0.3) is 0 Å². The fraction of sp³-hybridized carbons (Fsp3) is 1.00. The quantitative estimate of drug-likeness (QED) is 0.423. The SMILES string of the molecule is [CH3][Sb]([CH3])[CH3].[H-].[K+]. The first-order valence-electron chi connectivity index (χ1n) is 1.34. The molecule has 0 aromatic rings. The molecule has 0 saturated heterocycles. The molecule has 0 aromatic heterocycles. The van der Waals surface area contributed by atoms with Crippen LogP contribution in [0.5, 0.6) is 0 Å². The third-order valence-electron chi connectivity index (χ3n) is 0. The fourth-order valence-electron chi connectivity index (χ4n) is 0. The van der Waals surface area contributed by atoms with Crippen molar-refractivity contribution in [2.45, 2.75) is 14.6 Å². The van der Waals surface area contributed by atoms with Gasteiger partial charge in [-0.15, -0.1) is 0 Å². The van der Waals surface area contributed by atoms with E-state index in [4.69, 9.17) is 0 Å². The van der Waals surface area contributed by atoms with E-state index in [1.807, 2.05) is 0 Å². The fourth-order valence-corrected chi connectivity index (χ4v) is 0. The average Bonchev–Trinajstić information content (AvgIpc) is 0.811. The van der Waals surface area contributed by atoms with Crippen molar-refractivity contribution < 1.29 is 52.8 Å². The van der Waals surface area contributed by atoms with E-state index in [1.165, 1.54) is 0 Å². The van der Waals surface area contributed by atoms with Gasteiger partial charge in [-0.25, -0.2) is 0 Å². The van der Waals surface area contributed by atoms with Gasteiger partial charge in [0.25, 0.3) is 0 Å². The summed E-state index contributed by atoms with van der Waals surface area (Å²) >= 11 is -0.450. The first-order chi connectivity index (χ1) is 1.73. The van der Waals surface area contributed by atoms with Crippen LogP contribution in [0.2, 0.25) is 14.6 Å². The third kappa shape index (κ3) is 21.3. The molecule has 0 rings (SSSR count). The zero-order chi connectivity index (χ0) is 3.58. The molecule has 0 radical (unpaired) electrons. The Hall–Kier alpha value is 2.45. The first kappa shape index (κ1) is 10.4. The first-order valence-corrected chi connectivity index (χ1v) is 9.00. The van der Waals surface area contributed by atoms with E-state index in [2.05, 4.69) is 14.6 Å². The zero-order valence-corrected chi connectivity index (χ0v) is 10.1. The average molecular weight is 207 g/mol. The standard InChI is InChI=1S/3CH3.K.Sb.H/h3*1H3;;;/q;;;+1;;-1. The van der Waals surface area contributed by atoms with Gasteiger partial charge < -0.3 is 1.43 Å². The Morgan fingerprint density at radius 1 is 1.20 bits per heavy atom. The number of rotatable bonds is 0. The second-order valence-electron chi connectivity index (χ2n) is 1.34. The van der Waals surface area contributed by atoms with Crippen molar-refractivity contribution in [1.29, 1.82) is 0 Å². The predicted molar refractivity (Wildman–Crippen MR) is 24.5 cm³/mol. The van der Waals surface area contributed by atoms with Crippen LogP contribution in [0.15, 0.2) is 0 Å². The molecule has 0 nitrogen and oxygen atoms in total. The van der Waals surface area contributed by atoms with Crippen LogP contribution < -0.4 is 51.4 Å². The van der Waals surface area contributed by atoms with E-state index < -0.39 is 20.2 Å². The van der Waals surface area contributed by atoms with Crippen molar-refractivity contribution in [3.8, 4) is 0 Å². The molecule has 0 aliphatic rings. The van der Waals surface area contributed by atoms with Crippen molar-refractivity contribution in [1.82, 2.24) is 0 Å². The summed E-state index contributed by atoms with van der Waals surface area (Å²) in [4.78, 5) is 7.05. The molecule has 0 saturated carbocycles. The summed E-state index contributed by atoms with van der Waals surface area (Å²) in [5, 5.41) is 0. The van der Waals surface area contributed by atoms with Crippen LogP contribution in [0.1, 0.15) is 1.43 Å². The molecule has 0 aliphatic heterocycles. The smallest absolute Gasteiger partial charge is 1.00 e. The van der Waals surface area contributed by atoms with Crippen LogP contribution in [0, 0.1) is 0 Å². The largest absolute Gasteiger partial charge is 1.00 e. The van der Waals surface area contributed by atoms with E-state index in [0.717, 1.165) is 0 Å². The minimum Gasteiger partial charge on any atom is -1.00 e. The van der Waals surface area contributed by atoms with Gasteiger partial charge >= 0.3 is 86.2 Å². The van der Waals surface area contributed by atoms with Gasteiger partial charge in [0.2, 0.25) is 0 Å². The molecule has 0 N–H and O–H groups in total. The van der Waals surface area contributed by atoms with Gasteiger partial charge in [-0.2, -0.15) is 0 Å². The maximum absolute atomic E-state index is 2.35. The summed E-state index contributed by atoms with van der Waals surface area (Å²) in [7, 11) is 0. The maximum Gasteiger partial charge on any atom is 1.00 e. The molecule has 0 unspecified atom stereocenters. The van der Waals surface area contributed by atoms with Crippen molar-refractivity contribution in [3.05, 3.63) is 0 Å². The Bertz CT molecular complexity index is 15.5. The van der Waals surface area contributed by atoms with Crippen molar-refractivity contribution in [2.75, 3.05) is 0 Å². The van der Waals surface area contributed by atoms with Crippen molar-refractivity contribution >= 4 is 20.2 Å². The van der Waals surface area contributed by atoms with Gasteiger partial charge in [-0.3, -0.25) is 0 Å². The van der Waals surface area contributed by atoms with Gasteiger partial charge in [0, 0.05) is 0 Å². The molecular weight excluding hydrogens is 197 g/mol. The minimum absolute atomic E-state index is 0. The third-order valence-corrected chi connectivity index (χ3v) is 0. The minimum atomic E-state index is -0.450. The summed E-state index contributed by atoms with van der Waals surface area (Å²) in [6.45, 7) is 0. The molecule has 0 amide bonds. The molecule has 2 heteroatoms. The number of hydrogen-bond acceptors (Lipinski definition) is 0. The van der Waals surface area contributed by atoms with Gasteiger partial charge in [0.1, 0.15) is 0 Å². The molecule has 0 bridgehead atoms. The van der Waals surface area contributed by atoms with Crippen LogP contribution in [0.4, 0.5) is 0 Å². The van der Waals surface area contributed by atoms with Gasteiger partial charge in [0.15, 0.2) is 0 Å². The molecule has 0 aromatic carbocycles. The van der Waals surface area contributed by atoms with Gasteiger partial charge in [-0.05, 0) is 0 Å². The van der Waals surface area contributed by atoms with Crippen LogP contribution in [-0.2, 0) is 0 Å². The number of hydrogen-bond donors (Lipinski definition) is 0. The van der Waals surface area contributed by atoms with Crippen LogP contribution in [-0.4, -0.2) is 20.2 Å². The van der Waals surface area contributed by atoms with Crippen LogP contribution >= 0.6 is 0 Å². The summed E-state index contributed by atoms with van der Waals surface area (Å²) in [6.07, 6.45) is 0. The van der Waals surface area contributed by atoms with E-state index in [1.54, 1.807) is 0 Å².